The number of likely N-dealkylation sites (tertiary alicyclic amines) is 1. The zero-order valence-corrected chi connectivity index (χ0v) is 15.0. The molecule has 0 radical (unpaired) electrons. The van der Waals surface area contributed by atoms with Crippen molar-refractivity contribution < 1.29 is 4.74 Å². The lowest BCUT2D eigenvalue weighted by Crippen LogP contribution is -2.43. The van der Waals surface area contributed by atoms with E-state index in [1.165, 1.54) is 50.8 Å². The van der Waals surface area contributed by atoms with Crippen molar-refractivity contribution in [1.29, 1.82) is 0 Å². The van der Waals surface area contributed by atoms with Crippen molar-refractivity contribution in [1.82, 2.24) is 4.90 Å². The summed E-state index contributed by atoms with van der Waals surface area (Å²) in [5.74, 6) is 2.48. The highest BCUT2D eigenvalue weighted by Gasteiger charge is 2.35. The van der Waals surface area contributed by atoms with Gasteiger partial charge < -0.3 is 4.74 Å². The summed E-state index contributed by atoms with van der Waals surface area (Å²) < 4.78 is 6.05. The number of para-hydroxylation sites is 1. The normalized spacial score (nSPS) is 23.0. The second-order valence-corrected chi connectivity index (χ2v) is 7.67. The lowest BCUT2D eigenvalue weighted by molar-refractivity contribution is 0.0436. The Hall–Kier alpha value is -1.80. The molecule has 2 fully saturated rings. The monoisotopic (exact) mass is 335 g/mol. The summed E-state index contributed by atoms with van der Waals surface area (Å²) in [6, 6.07) is 22.0. The number of rotatable bonds is 6. The maximum Gasteiger partial charge on any atom is 0.119 e. The molecule has 2 aromatic carbocycles. The predicted molar refractivity (Wildman–Crippen MR) is 103 cm³/mol. The quantitative estimate of drug-likeness (QED) is 0.708. The van der Waals surface area contributed by atoms with Crippen molar-refractivity contribution >= 4 is 0 Å². The van der Waals surface area contributed by atoms with Gasteiger partial charge >= 0.3 is 0 Å². The van der Waals surface area contributed by atoms with Gasteiger partial charge in [0.1, 0.15) is 5.75 Å². The van der Waals surface area contributed by atoms with Crippen LogP contribution in [0.25, 0.3) is 0 Å². The maximum atomic E-state index is 6.05. The number of hydrogen-bond donors (Lipinski definition) is 0. The van der Waals surface area contributed by atoms with Crippen LogP contribution in [0.1, 0.15) is 43.7 Å². The lowest BCUT2D eigenvalue weighted by Gasteiger charge is -2.45. The zero-order chi connectivity index (χ0) is 16.9. The first kappa shape index (κ1) is 16.7. The van der Waals surface area contributed by atoms with Crippen LogP contribution in [0.3, 0.4) is 0 Å². The van der Waals surface area contributed by atoms with Crippen molar-refractivity contribution in [3.8, 4) is 5.75 Å². The van der Waals surface area contributed by atoms with E-state index in [0.29, 0.717) is 12.0 Å². The second-order valence-electron chi connectivity index (χ2n) is 7.67. The zero-order valence-electron chi connectivity index (χ0n) is 15.0. The van der Waals surface area contributed by atoms with Gasteiger partial charge in [-0.2, -0.15) is 0 Å². The lowest BCUT2D eigenvalue weighted by atomic mass is 9.75. The van der Waals surface area contributed by atoms with Gasteiger partial charge in [-0.25, -0.2) is 0 Å². The van der Waals surface area contributed by atoms with Crippen LogP contribution in [-0.4, -0.2) is 24.6 Å². The van der Waals surface area contributed by atoms with Crippen molar-refractivity contribution in [2.45, 2.75) is 38.1 Å². The Morgan fingerprint density at radius 2 is 1.60 bits per heavy atom. The largest absolute Gasteiger partial charge is 0.493 e. The number of piperidine rings is 1. The van der Waals surface area contributed by atoms with Gasteiger partial charge in [0.15, 0.2) is 0 Å². The third kappa shape index (κ3) is 4.07. The average molecular weight is 335 g/mol. The first-order chi connectivity index (χ1) is 12.4. The molecule has 0 amide bonds. The second kappa shape index (κ2) is 8.05. The molecular weight excluding hydrogens is 306 g/mol. The molecule has 2 unspecified atom stereocenters. The minimum atomic E-state index is 0.606. The van der Waals surface area contributed by atoms with Gasteiger partial charge in [-0.3, -0.25) is 4.90 Å². The fraction of sp³-hybridized carbons (Fsp3) is 0.478. The molecule has 2 aliphatic rings. The Kier molecular flexibility index (Phi) is 5.37. The first-order valence-corrected chi connectivity index (χ1v) is 9.87. The van der Waals surface area contributed by atoms with E-state index in [-0.39, 0.29) is 0 Å². The standard InChI is InChI=1S/C23H29NO/c1-3-10-20(11-4-1)23(21-12-7-13-21)24-16-8-9-19(17-24)18-25-22-14-5-2-6-15-22/h1-6,10-11,14-15,19,21,23H,7-9,12-13,16-18H2. The Bertz CT molecular complexity index is 638. The topological polar surface area (TPSA) is 12.5 Å². The molecule has 4 rings (SSSR count). The van der Waals surface area contributed by atoms with Gasteiger partial charge in [0.25, 0.3) is 0 Å². The highest BCUT2D eigenvalue weighted by atomic mass is 16.5. The van der Waals surface area contributed by atoms with Crippen LogP contribution in [0.2, 0.25) is 0 Å². The molecule has 1 heterocycles. The van der Waals surface area contributed by atoms with Gasteiger partial charge in [-0.15, -0.1) is 0 Å². The molecule has 1 aliphatic heterocycles. The van der Waals surface area contributed by atoms with Crippen LogP contribution in [0.15, 0.2) is 60.7 Å². The fourth-order valence-corrected chi connectivity index (χ4v) is 4.40. The van der Waals surface area contributed by atoms with Crippen LogP contribution < -0.4 is 4.74 Å². The maximum absolute atomic E-state index is 6.05. The highest BCUT2D eigenvalue weighted by molar-refractivity contribution is 5.22. The average Bonchev–Trinajstić information content (AvgIpc) is 2.65. The summed E-state index contributed by atoms with van der Waals surface area (Å²) in [6.45, 7) is 3.24. The molecule has 1 saturated carbocycles. The van der Waals surface area contributed by atoms with Crippen LogP contribution in [0, 0.1) is 11.8 Å². The fourth-order valence-electron chi connectivity index (χ4n) is 4.40. The highest BCUT2D eigenvalue weighted by Crippen LogP contribution is 2.42. The van der Waals surface area contributed by atoms with Crippen LogP contribution in [-0.2, 0) is 0 Å². The Labute approximate surface area is 151 Å². The summed E-state index contributed by atoms with van der Waals surface area (Å²) in [7, 11) is 0. The van der Waals surface area contributed by atoms with Gasteiger partial charge in [-0.1, -0.05) is 55.0 Å². The summed E-state index contributed by atoms with van der Waals surface area (Å²) in [4.78, 5) is 2.75. The van der Waals surface area contributed by atoms with Gasteiger partial charge in [0, 0.05) is 18.5 Å². The third-order valence-corrected chi connectivity index (χ3v) is 5.91. The number of nitrogens with zero attached hydrogens (tertiary/aromatic N) is 1. The molecule has 2 nitrogen and oxygen atoms in total. The van der Waals surface area contributed by atoms with E-state index in [0.717, 1.165) is 18.3 Å². The molecule has 2 atom stereocenters. The number of hydrogen-bond acceptors (Lipinski definition) is 2. The summed E-state index contributed by atoms with van der Waals surface area (Å²) in [5, 5.41) is 0. The van der Waals surface area contributed by atoms with E-state index in [1.807, 2.05) is 18.2 Å². The van der Waals surface area contributed by atoms with E-state index in [4.69, 9.17) is 4.74 Å². The van der Waals surface area contributed by atoms with E-state index in [2.05, 4.69) is 47.4 Å². The molecule has 2 heteroatoms. The summed E-state index contributed by atoms with van der Waals surface area (Å²) in [6.07, 6.45) is 6.76. The molecule has 0 aromatic heterocycles. The van der Waals surface area contributed by atoms with Gasteiger partial charge in [0.05, 0.1) is 6.61 Å². The van der Waals surface area contributed by atoms with E-state index in [9.17, 15) is 0 Å². The minimum absolute atomic E-state index is 0.606. The minimum Gasteiger partial charge on any atom is -0.493 e. The Morgan fingerprint density at radius 3 is 2.28 bits per heavy atom. The van der Waals surface area contributed by atoms with Crippen molar-refractivity contribution in [2.75, 3.05) is 19.7 Å². The molecule has 1 saturated heterocycles. The van der Waals surface area contributed by atoms with Crippen molar-refractivity contribution in [3.63, 3.8) is 0 Å². The summed E-state index contributed by atoms with van der Waals surface area (Å²) >= 11 is 0. The molecule has 0 N–H and O–H groups in total. The van der Waals surface area contributed by atoms with Crippen molar-refractivity contribution in [3.05, 3.63) is 66.2 Å². The smallest absolute Gasteiger partial charge is 0.119 e. The molecule has 0 spiro atoms. The molecule has 2 aromatic rings. The van der Waals surface area contributed by atoms with Crippen LogP contribution >= 0.6 is 0 Å². The van der Waals surface area contributed by atoms with Crippen LogP contribution in [0.4, 0.5) is 0 Å². The summed E-state index contributed by atoms with van der Waals surface area (Å²) in [5.41, 5.74) is 1.51. The molecule has 1 aliphatic carbocycles. The van der Waals surface area contributed by atoms with Gasteiger partial charge in [0.2, 0.25) is 0 Å². The SMILES string of the molecule is c1ccc(OCC2CCCN(C(c3ccccc3)C3CCC3)C2)cc1. The Morgan fingerprint density at radius 1 is 0.880 bits per heavy atom. The van der Waals surface area contributed by atoms with Crippen LogP contribution in [0.5, 0.6) is 5.75 Å². The first-order valence-electron chi connectivity index (χ1n) is 9.87. The van der Waals surface area contributed by atoms with Crippen molar-refractivity contribution in [2.24, 2.45) is 11.8 Å². The van der Waals surface area contributed by atoms with E-state index >= 15 is 0 Å². The number of benzene rings is 2. The van der Waals surface area contributed by atoms with Gasteiger partial charge in [-0.05, 0) is 55.8 Å². The molecule has 25 heavy (non-hydrogen) atoms. The molecule has 0 bridgehead atoms. The number of ether oxygens (including phenoxy) is 1. The third-order valence-electron chi connectivity index (χ3n) is 5.91. The predicted octanol–water partition coefficient (Wildman–Crippen LogP) is 5.32. The molecule has 132 valence electrons. The Balaban J connectivity index is 1.41. The molecular formula is C23H29NO. The van der Waals surface area contributed by atoms with E-state index in [1.54, 1.807) is 0 Å². The van der Waals surface area contributed by atoms with E-state index < -0.39 is 0 Å².